The molecule has 72 heavy (non-hydrogen) atoms. The van der Waals surface area contributed by atoms with Crippen molar-refractivity contribution in [2.24, 2.45) is 0 Å². The Morgan fingerprint density at radius 3 is 1.36 bits per heavy atom. The monoisotopic (exact) mass is 1010 g/mol. The highest BCUT2D eigenvalue weighted by Crippen LogP contribution is 2.26. The van der Waals surface area contributed by atoms with Crippen LogP contribution in [0.4, 0.5) is 0 Å². The second-order valence-electron chi connectivity index (χ2n) is 17.9. The number of hydrogen-bond acceptors (Lipinski definition) is 15. The fourth-order valence-corrected chi connectivity index (χ4v) is 7.49. The van der Waals surface area contributed by atoms with Crippen LogP contribution in [0, 0.1) is 0 Å². The quantitative estimate of drug-likeness (QED) is 0.0176. The Morgan fingerprint density at radius 1 is 0.444 bits per heavy atom. The molecular weight excluding hydrogens is 925 g/mol. The predicted molar refractivity (Wildman–Crippen MR) is 279 cm³/mol. The molecule has 11 atom stereocenters. The van der Waals surface area contributed by atoms with Gasteiger partial charge in [-0.1, -0.05) is 155 Å². The van der Waals surface area contributed by atoms with Crippen molar-refractivity contribution in [3.05, 3.63) is 109 Å². The molecule has 2 fully saturated rings. The largest absolute Gasteiger partial charge is 0.462 e. The van der Waals surface area contributed by atoms with Gasteiger partial charge in [-0.05, 0) is 83.5 Å². The van der Waals surface area contributed by atoms with Crippen molar-refractivity contribution in [3.63, 3.8) is 0 Å². The maximum Gasteiger partial charge on any atom is 0.306 e. The van der Waals surface area contributed by atoms with E-state index >= 15 is 0 Å². The molecule has 0 saturated carbocycles. The van der Waals surface area contributed by atoms with Gasteiger partial charge in [0.05, 0.1) is 19.8 Å². The summed E-state index contributed by atoms with van der Waals surface area (Å²) in [7, 11) is 0. The molecule has 2 heterocycles. The highest BCUT2D eigenvalue weighted by molar-refractivity contribution is 5.70. The van der Waals surface area contributed by atoms with E-state index in [2.05, 4.69) is 105 Å². The molecular formula is C57H90O15. The van der Waals surface area contributed by atoms with E-state index in [-0.39, 0.29) is 19.4 Å². The van der Waals surface area contributed by atoms with Crippen molar-refractivity contribution in [1.29, 1.82) is 0 Å². The maximum absolute atomic E-state index is 13.0. The van der Waals surface area contributed by atoms with E-state index in [9.17, 15) is 45.3 Å². The lowest BCUT2D eigenvalue weighted by atomic mass is 9.98. The zero-order chi connectivity index (χ0) is 52.4. The van der Waals surface area contributed by atoms with E-state index in [1.54, 1.807) is 0 Å². The molecule has 2 aliphatic rings. The summed E-state index contributed by atoms with van der Waals surface area (Å²) in [5.74, 6) is -1.05. The molecule has 0 aromatic carbocycles. The van der Waals surface area contributed by atoms with Crippen molar-refractivity contribution in [1.82, 2.24) is 0 Å². The van der Waals surface area contributed by atoms with Crippen LogP contribution in [-0.4, -0.2) is 142 Å². The molecule has 7 N–H and O–H groups in total. The predicted octanol–water partition coefficient (Wildman–Crippen LogP) is 7.93. The third kappa shape index (κ3) is 29.8. The van der Waals surface area contributed by atoms with Gasteiger partial charge in [-0.3, -0.25) is 9.59 Å². The van der Waals surface area contributed by atoms with Gasteiger partial charge >= 0.3 is 11.9 Å². The van der Waals surface area contributed by atoms with Crippen molar-refractivity contribution >= 4 is 11.9 Å². The summed E-state index contributed by atoms with van der Waals surface area (Å²) in [6.45, 7) is 2.25. The highest BCUT2D eigenvalue weighted by Gasteiger charge is 2.47. The van der Waals surface area contributed by atoms with E-state index in [1.807, 2.05) is 18.2 Å². The Bertz CT molecular complexity index is 1660. The van der Waals surface area contributed by atoms with Gasteiger partial charge in [0.15, 0.2) is 18.7 Å². The molecule has 0 spiro atoms. The molecule has 15 nitrogen and oxygen atoms in total. The summed E-state index contributed by atoms with van der Waals surface area (Å²) in [5, 5.41) is 72.1. The first-order valence-corrected chi connectivity index (χ1v) is 26.5. The number of allylic oxidation sites excluding steroid dienone is 18. The van der Waals surface area contributed by atoms with Crippen LogP contribution < -0.4 is 0 Å². The molecule has 2 aliphatic heterocycles. The molecule has 0 aromatic heterocycles. The van der Waals surface area contributed by atoms with E-state index in [4.69, 9.17) is 28.4 Å². The van der Waals surface area contributed by atoms with E-state index in [0.29, 0.717) is 19.3 Å². The van der Waals surface area contributed by atoms with Gasteiger partial charge in [0.25, 0.3) is 0 Å². The number of hydrogen-bond donors (Lipinski definition) is 7. The number of ether oxygens (including phenoxy) is 6. The van der Waals surface area contributed by atoms with Crippen LogP contribution in [-0.2, 0) is 38.0 Å². The van der Waals surface area contributed by atoms with Crippen LogP contribution in [0.1, 0.15) is 142 Å². The third-order valence-electron chi connectivity index (χ3n) is 11.8. The minimum Gasteiger partial charge on any atom is -0.462 e. The van der Waals surface area contributed by atoms with Crippen LogP contribution >= 0.6 is 0 Å². The number of aliphatic hydroxyl groups excluding tert-OH is 7. The molecule has 0 aromatic rings. The summed E-state index contributed by atoms with van der Waals surface area (Å²) >= 11 is 0. The number of carbonyl (C=O) groups excluding carboxylic acids is 2. The third-order valence-corrected chi connectivity index (χ3v) is 11.8. The first-order valence-electron chi connectivity index (χ1n) is 26.5. The van der Waals surface area contributed by atoms with E-state index in [1.165, 1.54) is 0 Å². The number of rotatable bonds is 39. The minimum atomic E-state index is -1.79. The van der Waals surface area contributed by atoms with E-state index < -0.39 is 99.3 Å². The SMILES string of the molecule is CC/C=C\C/C=C\C/C=C\C/C=C\C/C=C\C/C=C\CCC(=O)OC(COC(=O)CCCCCCCCC/C=C\C/C=C\C/C=C\CC)COC1OC(COC2OC(CO)C(O)C(O)C2O)C(O)C(O)C1O. The van der Waals surface area contributed by atoms with Crippen LogP contribution in [0.2, 0.25) is 0 Å². The lowest BCUT2D eigenvalue weighted by Crippen LogP contribution is -2.61. The number of unbranched alkanes of at least 4 members (excludes halogenated alkanes) is 7. The number of carbonyl (C=O) groups is 2. The smallest absolute Gasteiger partial charge is 0.306 e. The van der Waals surface area contributed by atoms with Gasteiger partial charge in [-0.15, -0.1) is 0 Å². The molecule has 408 valence electrons. The van der Waals surface area contributed by atoms with Gasteiger partial charge in [0, 0.05) is 12.8 Å². The molecule has 11 unspecified atom stereocenters. The van der Waals surface area contributed by atoms with Crippen LogP contribution in [0.5, 0.6) is 0 Å². The fraction of sp³-hybridized carbons (Fsp3) is 0.649. The Balaban J connectivity index is 1.84. The van der Waals surface area contributed by atoms with Gasteiger partial charge in [0.2, 0.25) is 0 Å². The summed E-state index contributed by atoms with van der Waals surface area (Å²) in [4.78, 5) is 25.8. The Hall–Kier alpha value is -3.84. The standard InChI is InChI=1S/C57H90O15/c1-3-5-7-9-11-13-15-17-19-21-22-24-26-28-30-32-34-36-38-40-49(60)70-45(42-67-48(59)39-37-35-33-31-29-27-25-23-20-18-16-14-12-10-8-6-4-2)43-68-56-55(66)53(64)51(62)47(72-56)44-69-57-54(65)52(63)50(61)46(41-58)71-57/h5-8,11-14,17-20,22,24,28,30,34,36,45-47,50-58,61-66H,3-4,9-10,15-16,21,23,25-27,29,31-33,35,37-44H2,1-2H3/b7-5-,8-6-,13-11-,14-12-,19-17-,20-18-,24-22-,30-28-,36-34-. The maximum atomic E-state index is 13.0. The second-order valence-corrected chi connectivity index (χ2v) is 17.9. The summed E-state index contributed by atoms with van der Waals surface area (Å²) in [5.41, 5.74) is 0. The molecule has 0 aliphatic carbocycles. The average molecular weight is 1020 g/mol. The molecule has 2 rings (SSSR count). The average Bonchev–Trinajstić information content (AvgIpc) is 3.37. The molecule has 15 heteroatoms. The summed E-state index contributed by atoms with van der Waals surface area (Å²) < 4.78 is 33.5. The first-order chi connectivity index (χ1) is 35.0. The second kappa shape index (κ2) is 42.5. The first kappa shape index (κ1) is 64.3. The van der Waals surface area contributed by atoms with Gasteiger partial charge in [-0.25, -0.2) is 0 Å². The lowest BCUT2D eigenvalue weighted by Gasteiger charge is -2.42. The van der Waals surface area contributed by atoms with Gasteiger partial charge < -0.3 is 64.2 Å². The topological polar surface area (TPSA) is 231 Å². The van der Waals surface area contributed by atoms with Crippen LogP contribution in [0.15, 0.2) is 109 Å². The van der Waals surface area contributed by atoms with Crippen LogP contribution in [0.3, 0.4) is 0 Å². The molecule has 0 radical (unpaired) electrons. The van der Waals surface area contributed by atoms with Gasteiger partial charge in [-0.2, -0.15) is 0 Å². The molecule has 2 saturated heterocycles. The summed E-state index contributed by atoms with van der Waals surface area (Å²) in [6.07, 6.45) is 38.4. The fourth-order valence-electron chi connectivity index (χ4n) is 7.49. The lowest BCUT2D eigenvalue weighted by molar-refractivity contribution is -0.332. The Labute approximate surface area is 430 Å². The summed E-state index contributed by atoms with van der Waals surface area (Å²) in [6, 6.07) is 0. The molecule has 0 bridgehead atoms. The van der Waals surface area contributed by atoms with Crippen molar-refractivity contribution in [2.75, 3.05) is 26.4 Å². The Kier molecular flexibility index (Phi) is 37.9. The zero-order valence-electron chi connectivity index (χ0n) is 43.1. The van der Waals surface area contributed by atoms with Crippen molar-refractivity contribution in [3.8, 4) is 0 Å². The number of aliphatic hydroxyl groups is 7. The highest BCUT2D eigenvalue weighted by atomic mass is 16.7. The minimum absolute atomic E-state index is 0.0309. The number of esters is 2. The van der Waals surface area contributed by atoms with Crippen molar-refractivity contribution in [2.45, 2.75) is 210 Å². The van der Waals surface area contributed by atoms with Crippen molar-refractivity contribution < 1.29 is 73.8 Å². The van der Waals surface area contributed by atoms with Crippen LogP contribution in [0.25, 0.3) is 0 Å². The van der Waals surface area contributed by atoms with E-state index in [0.717, 1.165) is 96.3 Å². The van der Waals surface area contributed by atoms with Gasteiger partial charge in [0.1, 0.15) is 55.4 Å². The molecule has 0 amide bonds. The normalized spacial score (nSPS) is 25.9. The zero-order valence-corrected chi connectivity index (χ0v) is 43.1. The Morgan fingerprint density at radius 2 is 0.861 bits per heavy atom.